The first-order chi connectivity index (χ1) is 16.8. The van der Waals surface area contributed by atoms with E-state index in [1.165, 1.54) is 30.2 Å². The van der Waals surface area contributed by atoms with E-state index in [1.54, 1.807) is 37.3 Å². The maximum atomic E-state index is 13.9. The number of nitrogens with zero attached hydrogens (tertiary/aromatic N) is 1. The number of amides is 3. The van der Waals surface area contributed by atoms with E-state index in [9.17, 15) is 18.8 Å². The molecule has 10 heteroatoms. The van der Waals surface area contributed by atoms with Crippen LogP contribution in [0.3, 0.4) is 0 Å². The van der Waals surface area contributed by atoms with Crippen LogP contribution in [0, 0.1) is 5.82 Å². The van der Waals surface area contributed by atoms with Gasteiger partial charge < -0.3 is 25.0 Å². The van der Waals surface area contributed by atoms with Crippen molar-refractivity contribution in [2.45, 2.75) is 19.4 Å². The zero-order valence-corrected chi connectivity index (χ0v) is 20.2. The molecule has 1 aliphatic heterocycles. The Morgan fingerprint density at radius 1 is 1.17 bits per heavy atom. The van der Waals surface area contributed by atoms with E-state index in [-0.39, 0.29) is 49.9 Å². The third-order valence-electron chi connectivity index (χ3n) is 5.37. The number of benzene rings is 2. The van der Waals surface area contributed by atoms with Crippen molar-refractivity contribution in [2.75, 3.05) is 33.4 Å². The summed E-state index contributed by atoms with van der Waals surface area (Å²) in [5, 5.41) is 5.85. The van der Waals surface area contributed by atoms with Crippen LogP contribution in [0.2, 0.25) is 5.02 Å². The number of hydrogen-bond acceptors (Lipinski definition) is 5. The third-order valence-corrected chi connectivity index (χ3v) is 5.62. The summed E-state index contributed by atoms with van der Waals surface area (Å²) in [7, 11) is 1.51. The molecule has 8 nitrogen and oxygen atoms in total. The molecule has 1 heterocycles. The zero-order chi connectivity index (χ0) is 25.4. The van der Waals surface area contributed by atoms with E-state index < -0.39 is 23.9 Å². The minimum Gasteiger partial charge on any atom is -0.463 e. The summed E-state index contributed by atoms with van der Waals surface area (Å²) in [6.07, 6.45) is 0.0857. The maximum absolute atomic E-state index is 13.9. The highest BCUT2D eigenvalue weighted by Gasteiger charge is 2.35. The number of nitrogens with one attached hydrogen (secondary N) is 2. The Kier molecular flexibility index (Phi) is 9.22. The van der Waals surface area contributed by atoms with Gasteiger partial charge in [0.2, 0.25) is 5.91 Å². The Balaban J connectivity index is 1.97. The van der Waals surface area contributed by atoms with Crippen molar-refractivity contribution in [1.82, 2.24) is 15.5 Å². The molecular weight excluding hydrogens is 477 g/mol. The van der Waals surface area contributed by atoms with E-state index >= 15 is 0 Å². The Bertz CT molecular complexity index is 1110. The molecule has 186 valence electrons. The van der Waals surface area contributed by atoms with E-state index in [1.807, 2.05) is 0 Å². The van der Waals surface area contributed by atoms with Crippen LogP contribution in [0.1, 0.15) is 24.1 Å². The fourth-order valence-corrected chi connectivity index (χ4v) is 3.83. The molecule has 1 atom stereocenters. The molecule has 2 N–H and O–H groups in total. The number of rotatable bonds is 10. The van der Waals surface area contributed by atoms with Gasteiger partial charge in [-0.2, -0.15) is 0 Å². The first-order valence-electron chi connectivity index (χ1n) is 11.1. The molecule has 35 heavy (non-hydrogen) atoms. The van der Waals surface area contributed by atoms with Crippen molar-refractivity contribution in [3.8, 4) is 0 Å². The molecular formula is C25H27ClFN3O5. The largest absolute Gasteiger partial charge is 0.463 e. The van der Waals surface area contributed by atoms with Crippen LogP contribution in [0.4, 0.5) is 9.18 Å². The molecule has 0 aromatic heterocycles. The van der Waals surface area contributed by atoms with Crippen LogP contribution in [-0.2, 0) is 25.5 Å². The number of halogens is 2. The van der Waals surface area contributed by atoms with E-state index in [4.69, 9.17) is 21.1 Å². The van der Waals surface area contributed by atoms with Crippen molar-refractivity contribution < 1.29 is 28.2 Å². The van der Waals surface area contributed by atoms with E-state index in [2.05, 4.69) is 10.6 Å². The minimum absolute atomic E-state index is 0.0802. The minimum atomic E-state index is -0.954. The molecule has 3 rings (SSSR count). The number of carbonyl (C=O) groups excluding carboxylic acids is 3. The second kappa shape index (κ2) is 12.3. The van der Waals surface area contributed by atoms with Crippen LogP contribution in [0.15, 0.2) is 59.8 Å². The number of carbonyl (C=O) groups is 3. The Morgan fingerprint density at radius 3 is 2.57 bits per heavy atom. The lowest BCUT2D eigenvalue weighted by molar-refractivity contribution is -0.139. The van der Waals surface area contributed by atoms with E-state index in [0.717, 1.165) is 5.56 Å². The van der Waals surface area contributed by atoms with Crippen LogP contribution < -0.4 is 10.6 Å². The summed E-state index contributed by atoms with van der Waals surface area (Å²) in [4.78, 5) is 40.1. The number of hydrogen-bond donors (Lipinski definition) is 2. The fourth-order valence-electron chi connectivity index (χ4n) is 3.70. The highest BCUT2D eigenvalue weighted by atomic mass is 35.5. The molecule has 2 aromatic rings. The van der Waals surface area contributed by atoms with Crippen molar-refractivity contribution in [1.29, 1.82) is 0 Å². The van der Waals surface area contributed by atoms with Gasteiger partial charge >= 0.3 is 12.0 Å². The highest BCUT2D eigenvalue weighted by molar-refractivity contribution is 6.30. The molecule has 3 amide bonds. The quantitative estimate of drug-likeness (QED) is 0.485. The van der Waals surface area contributed by atoms with Gasteiger partial charge in [-0.1, -0.05) is 35.9 Å². The molecule has 0 fully saturated rings. The number of methoxy groups -OCH3 is 1. The van der Waals surface area contributed by atoms with Crippen molar-refractivity contribution in [3.05, 3.63) is 81.8 Å². The van der Waals surface area contributed by atoms with Crippen molar-refractivity contribution in [3.63, 3.8) is 0 Å². The highest BCUT2D eigenvalue weighted by Crippen LogP contribution is 2.28. The smallest absolute Gasteiger partial charge is 0.338 e. The number of urea groups is 1. The molecule has 0 unspecified atom stereocenters. The standard InChI is InChI=1S/C25H27ClFN3O5/c1-3-35-24(32)22-20(28-25(33)29-23(22)17-5-4-6-19(27)14-17)15-30(11-12-34-2)21(31)13-16-7-9-18(26)10-8-16/h4-10,14,23H,3,11-13,15H2,1-2H3,(H2,28,29,33)/t23-/m1/s1. The normalized spacial score (nSPS) is 15.3. The van der Waals surface area contributed by atoms with Crippen LogP contribution in [0.5, 0.6) is 0 Å². The lowest BCUT2D eigenvalue weighted by Crippen LogP contribution is -2.49. The fraction of sp³-hybridized carbons (Fsp3) is 0.320. The van der Waals surface area contributed by atoms with Gasteiger partial charge in [0.25, 0.3) is 0 Å². The Hall–Kier alpha value is -3.43. The predicted octanol–water partition coefficient (Wildman–Crippen LogP) is 3.37. The molecule has 0 aliphatic carbocycles. The van der Waals surface area contributed by atoms with Gasteiger partial charge in [0, 0.05) is 18.7 Å². The average Bonchev–Trinajstić information content (AvgIpc) is 2.82. The van der Waals surface area contributed by atoms with Gasteiger partial charge in [0.1, 0.15) is 5.82 Å². The number of ether oxygens (including phenoxy) is 2. The molecule has 2 aromatic carbocycles. The maximum Gasteiger partial charge on any atom is 0.338 e. The van der Waals surface area contributed by atoms with Gasteiger partial charge in [-0.05, 0) is 42.3 Å². The second-order valence-electron chi connectivity index (χ2n) is 7.81. The first-order valence-corrected chi connectivity index (χ1v) is 11.4. The topological polar surface area (TPSA) is 97.0 Å². The van der Waals surface area contributed by atoms with Gasteiger partial charge in [-0.25, -0.2) is 14.0 Å². The molecule has 1 aliphatic rings. The summed E-state index contributed by atoms with van der Waals surface area (Å²) in [5.74, 6) is -1.43. The SMILES string of the molecule is CCOC(=O)C1=C(CN(CCOC)C(=O)Cc2ccc(Cl)cc2)NC(=O)N[C@@H]1c1cccc(F)c1. The van der Waals surface area contributed by atoms with Crippen molar-refractivity contribution in [2.24, 2.45) is 0 Å². The predicted molar refractivity (Wildman–Crippen MR) is 128 cm³/mol. The molecule has 0 radical (unpaired) electrons. The average molecular weight is 504 g/mol. The van der Waals surface area contributed by atoms with Gasteiger partial charge in [0.05, 0.1) is 43.5 Å². The summed E-state index contributed by atoms with van der Waals surface area (Å²) >= 11 is 5.94. The van der Waals surface area contributed by atoms with E-state index in [0.29, 0.717) is 10.6 Å². The summed E-state index contributed by atoms with van der Waals surface area (Å²) in [6.45, 7) is 2.14. The lowest BCUT2D eigenvalue weighted by atomic mass is 9.94. The van der Waals surface area contributed by atoms with Crippen LogP contribution in [-0.4, -0.2) is 56.2 Å². The monoisotopic (exact) mass is 503 g/mol. The second-order valence-corrected chi connectivity index (χ2v) is 8.25. The first kappa shape index (κ1) is 26.2. The van der Waals surface area contributed by atoms with Gasteiger partial charge in [-0.15, -0.1) is 0 Å². The third kappa shape index (κ3) is 7.03. The summed E-state index contributed by atoms with van der Waals surface area (Å²) in [6, 6.07) is 11.0. The summed E-state index contributed by atoms with van der Waals surface area (Å²) < 4.78 is 24.3. The Morgan fingerprint density at radius 2 is 1.91 bits per heavy atom. The molecule has 0 saturated heterocycles. The van der Waals surface area contributed by atoms with Crippen LogP contribution >= 0.6 is 11.6 Å². The Labute approximate surface area is 208 Å². The molecule has 0 spiro atoms. The van der Waals surface area contributed by atoms with Crippen molar-refractivity contribution >= 4 is 29.5 Å². The molecule has 0 saturated carbocycles. The lowest BCUT2D eigenvalue weighted by Gasteiger charge is -2.32. The van der Waals surface area contributed by atoms with Gasteiger partial charge in [0.15, 0.2) is 0 Å². The number of esters is 1. The van der Waals surface area contributed by atoms with Gasteiger partial charge in [-0.3, -0.25) is 4.79 Å². The molecule has 0 bridgehead atoms. The summed E-state index contributed by atoms with van der Waals surface area (Å²) in [5.41, 5.74) is 1.42. The zero-order valence-electron chi connectivity index (χ0n) is 19.5. The van der Waals surface area contributed by atoms with Crippen LogP contribution in [0.25, 0.3) is 0 Å².